The van der Waals surface area contributed by atoms with Gasteiger partial charge in [-0.25, -0.2) is 0 Å². The van der Waals surface area contributed by atoms with Crippen LogP contribution in [0.2, 0.25) is 5.02 Å². The van der Waals surface area contributed by atoms with E-state index in [4.69, 9.17) is 17.3 Å². The predicted molar refractivity (Wildman–Crippen MR) is 83.2 cm³/mol. The lowest BCUT2D eigenvalue weighted by atomic mass is 10.3. The van der Waals surface area contributed by atoms with Crippen molar-refractivity contribution in [3.05, 3.63) is 41.2 Å². The summed E-state index contributed by atoms with van der Waals surface area (Å²) in [5, 5.41) is 5.00. The fraction of sp³-hybridized carbons (Fsp3) is 0.357. The lowest BCUT2D eigenvalue weighted by molar-refractivity contribution is 0.475. The molecule has 0 fully saturated rings. The first-order valence-corrected chi connectivity index (χ1v) is 8.18. The Labute approximate surface area is 126 Å². The first kappa shape index (κ1) is 15.1. The van der Waals surface area contributed by atoms with Crippen LogP contribution in [0.4, 0.5) is 5.69 Å². The molecular weight excluding hydrogens is 294 g/mol. The molecule has 108 valence electrons. The molecule has 2 atom stereocenters. The van der Waals surface area contributed by atoms with E-state index in [-0.39, 0.29) is 0 Å². The molecule has 1 aromatic heterocycles. The third kappa shape index (κ3) is 3.41. The van der Waals surface area contributed by atoms with Crippen molar-refractivity contribution in [2.24, 2.45) is 0 Å². The van der Waals surface area contributed by atoms with Gasteiger partial charge in [0.2, 0.25) is 0 Å². The largest absolute Gasteiger partial charge is 0.398 e. The minimum absolute atomic E-state index is 0.345. The van der Waals surface area contributed by atoms with E-state index in [0.29, 0.717) is 27.4 Å². The van der Waals surface area contributed by atoms with Crippen LogP contribution >= 0.6 is 11.6 Å². The van der Waals surface area contributed by atoms with Gasteiger partial charge in [0.05, 0.1) is 27.1 Å². The summed E-state index contributed by atoms with van der Waals surface area (Å²) in [4.78, 5) is 0.604. The summed E-state index contributed by atoms with van der Waals surface area (Å²) in [5.41, 5.74) is 7.11. The highest BCUT2D eigenvalue weighted by Crippen LogP contribution is 2.23. The van der Waals surface area contributed by atoms with E-state index in [0.717, 1.165) is 12.1 Å². The van der Waals surface area contributed by atoms with Gasteiger partial charge >= 0.3 is 0 Å². The molecule has 20 heavy (non-hydrogen) atoms. The van der Waals surface area contributed by atoms with Crippen molar-refractivity contribution in [2.45, 2.75) is 37.0 Å². The molecule has 0 aliphatic rings. The predicted octanol–water partition coefficient (Wildman–Crippen LogP) is 3.40. The Hall–Kier alpha value is -1.33. The van der Waals surface area contributed by atoms with Crippen LogP contribution in [0.15, 0.2) is 35.4 Å². The zero-order valence-corrected chi connectivity index (χ0v) is 13.1. The summed E-state index contributed by atoms with van der Waals surface area (Å²) in [5.74, 6) is 0.356. The molecule has 0 saturated carbocycles. The number of hydrogen-bond donors (Lipinski definition) is 1. The third-order valence-corrected chi connectivity index (χ3v) is 4.86. The lowest BCUT2D eigenvalue weighted by Gasteiger charge is -2.08. The van der Waals surface area contributed by atoms with Crippen LogP contribution in [0.1, 0.15) is 32.0 Å². The summed E-state index contributed by atoms with van der Waals surface area (Å²) in [6, 6.07) is 7.27. The summed E-state index contributed by atoms with van der Waals surface area (Å²) >= 11 is 5.84. The molecule has 0 saturated heterocycles. The average molecular weight is 312 g/mol. The molecule has 0 radical (unpaired) electrons. The van der Waals surface area contributed by atoms with Gasteiger partial charge in [-0.2, -0.15) is 5.10 Å². The van der Waals surface area contributed by atoms with Crippen LogP contribution in [0, 0.1) is 0 Å². The van der Waals surface area contributed by atoms with E-state index in [9.17, 15) is 4.21 Å². The number of hydrogen-bond acceptors (Lipinski definition) is 3. The standard InChI is InChI=1S/C14H18ClN3OS/c1-3-10(2)18-7-6-12(17-18)9-20(19)14-5-4-11(15)8-13(14)16/h4-8,10H,3,9,16H2,1-2H3. The molecule has 0 spiro atoms. The van der Waals surface area contributed by atoms with Gasteiger partial charge in [0.25, 0.3) is 0 Å². The van der Waals surface area contributed by atoms with Gasteiger partial charge in [-0.1, -0.05) is 18.5 Å². The quantitative estimate of drug-likeness (QED) is 0.861. The Bertz CT molecular complexity index is 627. The monoisotopic (exact) mass is 311 g/mol. The molecule has 2 unspecified atom stereocenters. The minimum Gasteiger partial charge on any atom is -0.398 e. The first-order valence-electron chi connectivity index (χ1n) is 6.48. The molecule has 0 aliphatic carbocycles. The minimum atomic E-state index is -1.22. The maximum Gasteiger partial charge on any atom is 0.0753 e. The van der Waals surface area contributed by atoms with E-state index in [2.05, 4.69) is 18.9 Å². The van der Waals surface area contributed by atoms with Gasteiger partial charge < -0.3 is 5.73 Å². The highest BCUT2D eigenvalue weighted by molar-refractivity contribution is 7.84. The number of anilines is 1. The van der Waals surface area contributed by atoms with Gasteiger partial charge in [0.15, 0.2) is 0 Å². The molecule has 6 heteroatoms. The Kier molecular flexibility index (Phi) is 4.83. The second-order valence-electron chi connectivity index (χ2n) is 4.72. The summed E-state index contributed by atoms with van der Waals surface area (Å²) in [6.45, 7) is 4.21. The van der Waals surface area contributed by atoms with Crippen LogP contribution in [0.25, 0.3) is 0 Å². The molecule has 0 amide bonds. The van der Waals surface area contributed by atoms with Gasteiger partial charge in [-0.15, -0.1) is 0 Å². The van der Waals surface area contributed by atoms with Gasteiger partial charge in [0.1, 0.15) is 0 Å². The van der Waals surface area contributed by atoms with E-state index in [1.807, 2.05) is 16.9 Å². The molecule has 2 rings (SSSR count). The normalized spacial score (nSPS) is 14.2. The van der Waals surface area contributed by atoms with E-state index in [1.165, 1.54) is 0 Å². The van der Waals surface area contributed by atoms with Crippen LogP contribution in [0.5, 0.6) is 0 Å². The van der Waals surface area contributed by atoms with Gasteiger partial charge in [-0.05, 0) is 37.6 Å². The fourth-order valence-corrected chi connectivity index (χ4v) is 3.13. The second-order valence-corrected chi connectivity index (χ2v) is 6.57. The van der Waals surface area contributed by atoms with Crippen LogP contribution in [-0.2, 0) is 16.6 Å². The molecular formula is C14H18ClN3OS. The SMILES string of the molecule is CCC(C)n1ccc(CS(=O)c2ccc(Cl)cc2N)n1. The Morgan fingerprint density at radius 3 is 2.85 bits per heavy atom. The van der Waals surface area contributed by atoms with Crippen molar-refractivity contribution in [1.29, 1.82) is 0 Å². The van der Waals surface area contributed by atoms with Gasteiger partial charge in [-0.3, -0.25) is 8.89 Å². The van der Waals surface area contributed by atoms with Crippen molar-refractivity contribution >= 4 is 28.1 Å². The number of nitrogens with two attached hydrogens (primary N) is 1. The fourth-order valence-electron chi connectivity index (χ4n) is 1.83. The molecule has 2 aromatic rings. The zero-order chi connectivity index (χ0) is 14.7. The van der Waals surface area contributed by atoms with Crippen molar-refractivity contribution in [3.63, 3.8) is 0 Å². The molecule has 1 aromatic carbocycles. The van der Waals surface area contributed by atoms with E-state index in [1.54, 1.807) is 18.2 Å². The summed E-state index contributed by atoms with van der Waals surface area (Å²) in [6.07, 6.45) is 2.93. The number of aromatic nitrogens is 2. The third-order valence-electron chi connectivity index (χ3n) is 3.20. The van der Waals surface area contributed by atoms with Crippen molar-refractivity contribution in [3.8, 4) is 0 Å². The number of nitrogens with zero attached hydrogens (tertiary/aromatic N) is 2. The topological polar surface area (TPSA) is 60.9 Å². The van der Waals surface area contributed by atoms with Crippen molar-refractivity contribution in [2.75, 3.05) is 5.73 Å². The first-order chi connectivity index (χ1) is 9.51. The summed E-state index contributed by atoms with van der Waals surface area (Å²) in [7, 11) is -1.22. The maximum absolute atomic E-state index is 12.3. The maximum atomic E-state index is 12.3. The molecule has 4 nitrogen and oxygen atoms in total. The zero-order valence-electron chi connectivity index (χ0n) is 11.5. The van der Waals surface area contributed by atoms with Crippen LogP contribution in [-0.4, -0.2) is 14.0 Å². The Morgan fingerprint density at radius 1 is 1.45 bits per heavy atom. The Morgan fingerprint density at radius 2 is 2.20 bits per heavy atom. The molecule has 0 aliphatic heterocycles. The number of rotatable bonds is 5. The molecule has 0 bridgehead atoms. The highest BCUT2D eigenvalue weighted by Gasteiger charge is 2.12. The number of halogens is 1. The number of nitrogen functional groups attached to an aromatic ring is 1. The van der Waals surface area contributed by atoms with Crippen molar-refractivity contribution < 1.29 is 4.21 Å². The molecule has 2 N–H and O–H groups in total. The van der Waals surface area contributed by atoms with E-state index >= 15 is 0 Å². The Balaban J connectivity index is 2.13. The second kappa shape index (κ2) is 6.41. The highest BCUT2D eigenvalue weighted by atomic mass is 35.5. The van der Waals surface area contributed by atoms with Crippen molar-refractivity contribution in [1.82, 2.24) is 9.78 Å². The van der Waals surface area contributed by atoms with E-state index < -0.39 is 10.8 Å². The summed E-state index contributed by atoms with van der Waals surface area (Å²) < 4.78 is 14.2. The number of benzene rings is 1. The van der Waals surface area contributed by atoms with Crippen LogP contribution < -0.4 is 5.73 Å². The average Bonchev–Trinajstić information content (AvgIpc) is 2.86. The lowest BCUT2D eigenvalue weighted by Crippen LogP contribution is -2.06. The van der Waals surface area contributed by atoms with Gasteiger partial charge in [0, 0.05) is 22.9 Å². The molecule has 1 heterocycles. The smallest absolute Gasteiger partial charge is 0.0753 e. The van der Waals surface area contributed by atoms with Crippen LogP contribution in [0.3, 0.4) is 0 Å².